The Morgan fingerprint density at radius 2 is 1.86 bits per heavy atom. The molecule has 1 amide bonds. The van der Waals surface area contributed by atoms with Crippen molar-refractivity contribution in [3.05, 3.63) is 36.7 Å². The number of hydrogen-bond donors (Lipinski definition) is 5. The van der Waals surface area contributed by atoms with Crippen molar-refractivity contribution in [2.24, 2.45) is 11.7 Å². The van der Waals surface area contributed by atoms with E-state index in [0.717, 1.165) is 30.8 Å². The van der Waals surface area contributed by atoms with E-state index in [9.17, 15) is 24.3 Å². The van der Waals surface area contributed by atoms with Crippen LogP contribution in [0.2, 0.25) is 0 Å². The van der Waals surface area contributed by atoms with Gasteiger partial charge in [-0.3, -0.25) is 19.2 Å². The highest BCUT2D eigenvalue weighted by atomic mass is 32.1. The molecule has 192 valence electrons. The van der Waals surface area contributed by atoms with Crippen molar-refractivity contribution in [1.82, 2.24) is 9.88 Å². The van der Waals surface area contributed by atoms with Crippen LogP contribution in [0.1, 0.15) is 44.9 Å². The molecule has 3 unspecified atom stereocenters. The first-order valence-electron chi connectivity index (χ1n) is 11.5. The predicted molar refractivity (Wildman–Crippen MR) is 132 cm³/mol. The topological polar surface area (TPSA) is 165 Å². The number of nitrogens with zero attached hydrogens (tertiary/aromatic N) is 1. The average molecular weight is 508 g/mol. The minimum absolute atomic E-state index is 0.00755. The first-order valence-corrected chi connectivity index (χ1v) is 12.2. The number of unbranched alkanes of at least 4 members (excludes halogenated alkanes) is 1. The second kappa shape index (κ2) is 14.4. The Kier molecular flexibility index (Phi) is 11.6. The molecule has 35 heavy (non-hydrogen) atoms. The Labute approximate surface area is 209 Å². The molecule has 0 aromatic carbocycles. The van der Waals surface area contributed by atoms with E-state index < -0.39 is 29.9 Å². The molecular formula is C24H33N3O7S. The summed E-state index contributed by atoms with van der Waals surface area (Å²) in [7, 11) is 0. The Morgan fingerprint density at radius 1 is 1.09 bits per heavy atom. The third kappa shape index (κ3) is 9.61. The molecule has 10 nitrogen and oxygen atoms in total. The number of ketones is 1. The van der Waals surface area contributed by atoms with Crippen molar-refractivity contribution in [2.75, 3.05) is 5.75 Å². The number of hydrogen-bond acceptors (Lipinski definition) is 7. The van der Waals surface area contributed by atoms with Gasteiger partial charge in [0.2, 0.25) is 5.91 Å². The van der Waals surface area contributed by atoms with Gasteiger partial charge in [-0.25, -0.2) is 0 Å². The number of aliphatic carboxylic acids is 2. The molecule has 0 saturated heterocycles. The normalized spacial score (nSPS) is 13.7. The van der Waals surface area contributed by atoms with E-state index >= 15 is 0 Å². The van der Waals surface area contributed by atoms with Crippen molar-refractivity contribution in [2.45, 2.75) is 63.6 Å². The molecule has 0 bridgehead atoms. The fraction of sp³-hybridized carbons (Fsp3) is 0.500. The first kappa shape index (κ1) is 28.2. The van der Waals surface area contributed by atoms with Gasteiger partial charge >= 0.3 is 11.9 Å². The Morgan fingerprint density at radius 3 is 2.49 bits per heavy atom. The fourth-order valence-electron chi connectivity index (χ4n) is 3.83. The largest absolute Gasteiger partial charge is 0.481 e. The zero-order chi connectivity index (χ0) is 25.8. The summed E-state index contributed by atoms with van der Waals surface area (Å²) in [5, 5.41) is 20.6. The number of carbonyl (C=O) groups excluding carboxylic acids is 2. The van der Waals surface area contributed by atoms with Crippen LogP contribution in [-0.4, -0.2) is 56.2 Å². The number of aryl methyl sites for hydroxylation is 1. The minimum Gasteiger partial charge on any atom is -0.481 e. The number of carboxylic acid groups (broad SMARTS) is 2. The van der Waals surface area contributed by atoms with Crippen molar-refractivity contribution < 1.29 is 33.8 Å². The number of furan rings is 1. The predicted octanol–water partition coefficient (Wildman–Crippen LogP) is 2.58. The summed E-state index contributed by atoms with van der Waals surface area (Å²) in [5.41, 5.74) is 6.36. The summed E-state index contributed by atoms with van der Waals surface area (Å²) in [4.78, 5) is 47.0. The number of aromatic nitrogens is 1. The maximum Gasteiger partial charge on any atom is 0.320 e. The number of nitrogens with two attached hydrogens (primary N) is 1. The molecule has 0 aliphatic carbocycles. The lowest BCUT2D eigenvalue weighted by Crippen LogP contribution is -2.43. The molecule has 0 spiro atoms. The molecule has 2 aromatic rings. The number of rotatable bonds is 17. The highest BCUT2D eigenvalue weighted by Gasteiger charge is 2.25. The molecule has 0 aliphatic heterocycles. The molecule has 5 N–H and O–H groups in total. The number of carbonyl (C=O) groups is 4. The summed E-state index contributed by atoms with van der Waals surface area (Å²) in [6, 6.07) is 5.58. The molecule has 0 fully saturated rings. The van der Waals surface area contributed by atoms with Gasteiger partial charge in [-0.05, 0) is 49.4 Å². The van der Waals surface area contributed by atoms with E-state index in [0.29, 0.717) is 6.42 Å². The van der Waals surface area contributed by atoms with Crippen LogP contribution in [0, 0.1) is 5.92 Å². The Hall–Kier alpha value is -3.05. The molecule has 2 rings (SSSR count). The molecule has 0 radical (unpaired) electrons. The highest BCUT2D eigenvalue weighted by Crippen LogP contribution is 2.23. The Bertz CT molecular complexity index is 974. The summed E-state index contributed by atoms with van der Waals surface area (Å²) < 4.78 is 7.52. The van der Waals surface area contributed by atoms with Gasteiger partial charge < -0.3 is 30.2 Å². The highest BCUT2D eigenvalue weighted by molar-refractivity contribution is 7.80. The zero-order valence-electron chi connectivity index (χ0n) is 19.5. The summed E-state index contributed by atoms with van der Waals surface area (Å²) >= 11 is 4.14. The molecule has 3 atom stereocenters. The van der Waals surface area contributed by atoms with Crippen LogP contribution in [0.3, 0.4) is 0 Å². The SMILES string of the molecule is NC(CCC(=O)NC(CS)C(=O)CC(CCCCn1cccc1-c1ccco1)CC(=O)O)C(=O)O. The molecule has 0 saturated carbocycles. The van der Waals surface area contributed by atoms with Crippen molar-refractivity contribution in [3.8, 4) is 11.5 Å². The lowest BCUT2D eigenvalue weighted by Gasteiger charge is -2.20. The lowest BCUT2D eigenvalue weighted by molar-refractivity contribution is -0.140. The van der Waals surface area contributed by atoms with Crippen LogP contribution >= 0.6 is 12.6 Å². The number of Topliss-reactive ketones (excluding diaryl/α,β-unsaturated/α-hetero) is 1. The van der Waals surface area contributed by atoms with Crippen LogP contribution in [-0.2, 0) is 25.7 Å². The molecule has 2 heterocycles. The van der Waals surface area contributed by atoms with Crippen molar-refractivity contribution >= 4 is 36.3 Å². The van der Waals surface area contributed by atoms with Gasteiger partial charge in [0.1, 0.15) is 11.8 Å². The maximum atomic E-state index is 12.8. The van der Waals surface area contributed by atoms with Crippen LogP contribution < -0.4 is 11.1 Å². The molecular weight excluding hydrogens is 474 g/mol. The van der Waals surface area contributed by atoms with Crippen LogP contribution in [0.5, 0.6) is 0 Å². The van der Waals surface area contributed by atoms with Gasteiger partial charge in [0.05, 0.1) is 18.0 Å². The van der Waals surface area contributed by atoms with E-state index in [1.54, 1.807) is 6.26 Å². The van der Waals surface area contributed by atoms with E-state index in [-0.39, 0.29) is 43.1 Å². The van der Waals surface area contributed by atoms with Gasteiger partial charge in [0.15, 0.2) is 5.78 Å². The Balaban J connectivity index is 1.84. The summed E-state index contributed by atoms with van der Waals surface area (Å²) in [5.74, 6) is -2.52. The average Bonchev–Trinajstić information content (AvgIpc) is 3.49. The number of amides is 1. The third-order valence-corrected chi connectivity index (χ3v) is 6.09. The van der Waals surface area contributed by atoms with E-state index in [4.69, 9.17) is 15.3 Å². The van der Waals surface area contributed by atoms with Gasteiger partial charge in [-0.15, -0.1) is 0 Å². The standard InChI is InChI=1S/C24H33N3O7S/c25-17(24(32)33)8-9-22(29)26-18(15-35)20(28)13-16(14-23(30)31)5-1-2-10-27-11-3-6-19(27)21-7-4-12-34-21/h3-4,6-7,11-12,16-18,35H,1-2,5,8-10,13-15,25H2,(H,26,29)(H,30,31)(H,32,33). The van der Waals surface area contributed by atoms with Gasteiger partial charge in [0.25, 0.3) is 0 Å². The van der Waals surface area contributed by atoms with Crippen molar-refractivity contribution in [1.29, 1.82) is 0 Å². The van der Waals surface area contributed by atoms with E-state index in [2.05, 4.69) is 22.5 Å². The maximum absolute atomic E-state index is 12.8. The van der Waals surface area contributed by atoms with Crippen LogP contribution in [0.25, 0.3) is 11.5 Å². The van der Waals surface area contributed by atoms with E-state index in [1.165, 1.54) is 0 Å². The minimum atomic E-state index is -1.20. The molecule has 11 heteroatoms. The number of thiol groups is 1. The second-order valence-corrected chi connectivity index (χ2v) is 8.85. The monoisotopic (exact) mass is 507 g/mol. The van der Waals surface area contributed by atoms with Crippen LogP contribution in [0.4, 0.5) is 0 Å². The smallest absolute Gasteiger partial charge is 0.320 e. The third-order valence-electron chi connectivity index (χ3n) is 5.72. The summed E-state index contributed by atoms with van der Waals surface area (Å²) in [6.07, 6.45) is 5.32. The number of nitrogens with one attached hydrogen (secondary N) is 1. The van der Waals surface area contributed by atoms with Crippen molar-refractivity contribution in [3.63, 3.8) is 0 Å². The second-order valence-electron chi connectivity index (χ2n) is 8.48. The number of carboxylic acids is 2. The fourth-order valence-corrected chi connectivity index (χ4v) is 4.12. The molecule has 0 aliphatic rings. The van der Waals surface area contributed by atoms with Gasteiger partial charge in [0, 0.05) is 37.8 Å². The molecule has 2 aromatic heterocycles. The van der Waals surface area contributed by atoms with E-state index in [1.807, 2.05) is 30.5 Å². The van der Waals surface area contributed by atoms with Crippen LogP contribution in [0.15, 0.2) is 41.1 Å². The van der Waals surface area contributed by atoms with Gasteiger partial charge in [-0.2, -0.15) is 12.6 Å². The quantitative estimate of drug-likeness (QED) is 0.161. The zero-order valence-corrected chi connectivity index (χ0v) is 20.4. The summed E-state index contributed by atoms with van der Waals surface area (Å²) in [6.45, 7) is 0.727. The van der Waals surface area contributed by atoms with Gasteiger partial charge in [-0.1, -0.05) is 6.42 Å². The lowest BCUT2D eigenvalue weighted by atomic mass is 9.91. The first-order chi connectivity index (χ1) is 16.7.